The van der Waals surface area contributed by atoms with E-state index in [9.17, 15) is 19.6 Å². The number of anilines is 2. The Hall–Kier alpha value is -5.47. The first-order chi connectivity index (χ1) is 22.8. The SMILES string of the molecule is Cc1c(-c2nc3cc(C=O)cc(C#N)c3o2)cccc1-c1cccc(NC(=O)c2nc3c(n2C)CC(C)C(C(=O)OC(C)(C)C)N3)c1Cl. The van der Waals surface area contributed by atoms with Crippen LogP contribution >= 0.6 is 11.6 Å². The first-order valence-electron chi connectivity index (χ1n) is 15.3. The second kappa shape index (κ2) is 12.3. The number of esters is 1. The van der Waals surface area contributed by atoms with Crippen molar-refractivity contribution in [2.75, 3.05) is 10.6 Å². The second-order valence-electron chi connectivity index (χ2n) is 12.9. The fraction of sp³-hybridized carbons (Fsp3) is 0.278. The number of oxazole rings is 1. The number of amides is 1. The van der Waals surface area contributed by atoms with E-state index in [-0.39, 0.29) is 23.3 Å². The van der Waals surface area contributed by atoms with Gasteiger partial charge in [0.1, 0.15) is 35.3 Å². The highest BCUT2D eigenvalue weighted by atomic mass is 35.5. The molecule has 12 heteroatoms. The van der Waals surface area contributed by atoms with Gasteiger partial charge in [0.05, 0.1) is 22.0 Å². The lowest BCUT2D eigenvalue weighted by molar-refractivity contribution is -0.157. The van der Waals surface area contributed by atoms with Crippen molar-refractivity contribution in [3.05, 3.63) is 81.8 Å². The second-order valence-corrected chi connectivity index (χ2v) is 13.3. The molecular formula is C36H33ClN6O5. The minimum absolute atomic E-state index is 0.0826. The maximum Gasteiger partial charge on any atom is 0.329 e. The van der Waals surface area contributed by atoms with Crippen molar-refractivity contribution in [1.82, 2.24) is 14.5 Å². The van der Waals surface area contributed by atoms with Crippen LogP contribution in [0.5, 0.6) is 0 Å². The van der Waals surface area contributed by atoms with Gasteiger partial charge in [-0.25, -0.2) is 14.8 Å². The van der Waals surface area contributed by atoms with Crippen LogP contribution in [0.2, 0.25) is 5.02 Å². The van der Waals surface area contributed by atoms with E-state index in [0.717, 1.165) is 16.8 Å². The number of nitrogens with one attached hydrogen (secondary N) is 2. The topological polar surface area (TPSA) is 152 Å². The third-order valence-corrected chi connectivity index (χ3v) is 8.73. The lowest BCUT2D eigenvalue weighted by Crippen LogP contribution is -2.44. The quantitative estimate of drug-likeness (QED) is 0.143. The van der Waals surface area contributed by atoms with Crippen LogP contribution in [-0.2, 0) is 23.0 Å². The molecule has 0 saturated heterocycles. The average Bonchev–Trinajstić information content (AvgIpc) is 3.61. The number of rotatable bonds is 6. The molecule has 1 aliphatic heterocycles. The molecule has 244 valence electrons. The summed E-state index contributed by atoms with van der Waals surface area (Å²) in [6.07, 6.45) is 1.20. The number of aromatic nitrogens is 3. The highest BCUT2D eigenvalue weighted by Crippen LogP contribution is 2.39. The number of halogens is 1. The van der Waals surface area contributed by atoms with Gasteiger partial charge in [-0.2, -0.15) is 5.26 Å². The van der Waals surface area contributed by atoms with E-state index in [1.165, 1.54) is 6.07 Å². The Morgan fingerprint density at radius 2 is 1.85 bits per heavy atom. The van der Waals surface area contributed by atoms with E-state index < -0.39 is 17.6 Å². The predicted molar refractivity (Wildman–Crippen MR) is 182 cm³/mol. The highest BCUT2D eigenvalue weighted by molar-refractivity contribution is 6.36. The van der Waals surface area contributed by atoms with E-state index in [1.54, 1.807) is 29.8 Å². The van der Waals surface area contributed by atoms with Crippen LogP contribution in [0.4, 0.5) is 11.5 Å². The smallest absolute Gasteiger partial charge is 0.329 e. The number of carbonyl (C=O) groups is 3. The van der Waals surface area contributed by atoms with E-state index in [1.807, 2.05) is 58.9 Å². The first-order valence-corrected chi connectivity index (χ1v) is 15.7. The molecule has 3 aromatic carbocycles. The van der Waals surface area contributed by atoms with E-state index in [4.69, 9.17) is 20.8 Å². The number of hydrogen-bond donors (Lipinski definition) is 2. The number of imidazole rings is 1. The third kappa shape index (κ3) is 5.91. The summed E-state index contributed by atoms with van der Waals surface area (Å²) in [6, 6.07) is 15.4. The lowest BCUT2D eigenvalue weighted by atomic mass is 9.92. The van der Waals surface area contributed by atoms with Crippen LogP contribution in [0.25, 0.3) is 33.7 Å². The normalized spacial score (nSPS) is 15.7. The van der Waals surface area contributed by atoms with Crippen LogP contribution in [0.3, 0.4) is 0 Å². The van der Waals surface area contributed by atoms with Crippen LogP contribution in [0.15, 0.2) is 52.9 Å². The molecular weight excluding hydrogens is 632 g/mol. The van der Waals surface area contributed by atoms with Crippen LogP contribution < -0.4 is 10.6 Å². The molecule has 3 heterocycles. The van der Waals surface area contributed by atoms with Crippen molar-refractivity contribution in [2.45, 2.75) is 52.7 Å². The fourth-order valence-electron chi connectivity index (χ4n) is 5.95. The molecule has 1 aliphatic rings. The van der Waals surface area contributed by atoms with Gasteiger partial charge in [0.2, 0.25) is 11.7 Å². The monoisotopic (exact) mass is 664 g/mol. The zero-order valence-corrected chi connectivity index (χ0v) is 28.0. The summed E-state index contributed by atoms with van der Waals surface area (Å²) < 4.78 is 13.3. The van der Waals surface area contributed by atoms with Crippen molar-refractivity contribution >= 4 is 52.4 Å². The molecule has 2 N–H and O–H groups in total. The molecule has 0 aliphatic carbocycles. The van der Waals surface area contributed by atoms with Crippen molar-refractivity contribution in [1.29, 1.82) is 5.26 Å². The van der Waals surface area contributed by atoms with Crippen LogP contribution in [0.1, 0.15) is 65.5 Å². The molecule has 0 bridgehead atoms. The number of fused-ring (bicyclic) bond motifs is 2. The number of ether oxygens (including phenoxy) is 1. The number of aldehydes is 1. The van der Waals surface area contributed by atoms with Gasteiger partial charge < -0.3 is 24.4 Å². The van der Waals surface area contributed by atoms with E-state index in [0.29, 0.717) is 62.9 Å². The molecule has 2 atom stereocenters. The van der Waals surface area contributed by atoms with Gasteiger partial charge in [-0.05, 0) is 75.4 Å². The molecule has 5 aromatic rings. The van der Waals surface area contributed by atoms with Crippen molar-refractivity contribution in [3.8, 4) is 28.7 Å². The van der Waals surface area contributed by atoms with Gasteiger partial charge in [-0.15, -0.1) is 0 Å². The number of hydrogen-bond acceptors (Lipinski definition) is 9. The Morgan fingerprint density at radius 3 is 2.56 bits per heavy atom. The molecule has 2 aromatic heterocycles. The van der Waals surface area contributed by atoms with Crippen molar-refractivity contribution < 1.29 is 23.5 Å². The summed E-state index contributed by atoms with van der Waals surface area (Å²) >= 11 is 6.94. The summed E-state index contributed by atoms with van der Waals surface area (Å²) in [5, 5.41) is 16.0. The average molecular weight is 665 g/mol. The summed E-state index contributed by atoms with van der Waals surface area (Å²) in [4.78, 5) is 46.9. The molecule has 48 heavy (non-hydrogen) atoms. The summed E-state index contributed by atoms with van der Waals surface area (Å²) in [7, 11) is 1.77. The van der Waals surface area contributed by atoms with E-state index >= 15 is 0 Å². The van der Waals surface area contributed by atoms with E-state index in [2.05, 4.69) is 26.7 Å². The zero-order valence-electron chi connectivity index (χ0n) is 27.3. The lowest BCUT2D eigenvalue weighted by Gasteiger charge is -2.31. The molecule has 1 amide bonds. The van der Waals surface area contributed by atoms with Gasteiger partial charge in [-0.3, -0.25) is 9.59 Å². The minimum atomic E-state index is -0.629. The summed E-state index contributed by atoms with van der Waals surface area (Å²) in [5.74, 6) is 0.00676. The van der Waals surface area contributed by atoms with Crippen molar-refractivity contribution in [2.24, 2.45) is 13.0 Å². The van der Waals surface area contributed by atoms with Gasteiger partial charge >= 0.3 is 5.97 Å². The summed E-state index contributed by atoms with van der Waals surface area (Å²) in [6.45, 7) is 9.32. The standard InChI is InChI=1S/C36H33ClN6O5/c1-18-13-27-31(41-29(18)35(46)48-36(3,4)5)42-32(43(27)6)33(45)39-25-12-8-11-24(28(25)37)22-9-7-10-23(19(22)2)34-40-26-15-20(17-44)14-21(16-38)30(26)47-34/h7-12,14-15,17-18,29,41H,13H2,1-6H3,(H,39,45). The fourth-order valence-corrected chi connectivity index (χ4v) is 6.22. The van der Waals surface area contributed by atoms with Crippen molar-refractivity contribution in [3.63, 3.8) is 0 Å². The third-order valence-electron chi connectivity index (χ3n) is 8.32. The summed E-state index contributed by atoms with van der Waals surface area (Å²) in [5.41, 5.74) is 4.75. The predicted octanol–water partition coefficient (Wildman–Crippen LogP) is 7.11. The first kappa shape index (κ1) is 32.5. The molecule has 2 unspecified atom stereocenters. The highest BCUT2D eigenvalue weighted by Gasteiger charge is 2.37. The number of carbonyl (C=O) groups excluding carboxylic acids is 3. The van der Waals surface area contributed by atoms with Crippen LogP contribution in [0, 0.1) is 24.2 Å². The molecule has 0 saturated carbocycles. The number of nitrogens with zero attached hydrogens (tertiary/aromatic N) is 4. The Morgan fingerprint density at radius 1 is 1.15 bits per heavy atom. The van der Waals surface area contributed by atoms with Gasteiger partial charge in [0.25, 0.3) is 5.91 Å². The zero-order chi connectivity index (χ0) is 34.5. The van der Waals surface area contributed by atoms with Crippen LogP contribution in [-0.4, -0.2) is 44.3 Å². The number of nitriles is 1. The maximum atomic E-state index is 13.6. The molecule has 0 fully saturated rings. The minimum Gasteiger partial charge on any atom is -0.458 e. The van der Waals surface area contributed by atoms with Gasteiger partial charge in [-0.1, -0.05) is 42.8 Å². The maximum absolute atomic E-state index is 13.6. The Labute approximate surface area is 281 Å². The number of benzene rings is 3. The molecule has 6 rings (SSSR count). The van der Waals surface area contributed by atoms with Gasteiger partial charge in [0.15, 0.2) is 5.58 Å². The molecule has 0 radical (unpaired) electrons. The molecule has 11 nitrogen and oxygen atoms in total. The Bertz CT molecular complexity index is 2170. The Balaban J connectivity index is 1.28. The van der Waals surface area contributed by atoms with Gasteiger partial charge in [0, 0.05) is 23.7 Å². The largest absolute Gasteiger partial charge is 0.458 e. The molecule has 0 spiro atoms. The Kier molecular flexibility index (Phi) is 8.31.